The highest BCUT2D eigenvalue weighted by Gasteiger charge is 2.42. The SMILES string of the molecule is C.CC(=O)C(C)NC(=O)C1CCCN1C(=O)C(NC(=O)NCC(=O)OC1CCOC1)C(C)(C)C.CC(C)C.CC1CCC1.NC=O. The molecule has 5 amide bonds. The standard InChI is InChI=1S/C22H36N4O7.C5H10.C4H10.CH3NO.CH4/c1-13(14(2)27)24-19(29)16-7-6-9-26(16)20(30)18(22(3,4)5)25-21(31)23-11-17(28)33-15-8-10-32-12-15;1-5-3-2-4-5;1-4(2)3;2-1-3;/h13,15-16,18H,6-12H2,1-5H3,(H,24,29)(H2,23,25,31);5H,2-4H2,1H3;4H,1-3H3;1H,(H2,2,3);1H4. The van der Waals surface area contributed by atoms with E-state index in [1.54, 1.807) is 27.7 Å². The van der Waals surface area contributed by atoms with Gasteiger partial charge in [-0.3, -0.25) is 24.0 Å². The number of ketones is 1. The average molecular weight is 658 g/mol. The molecule has 0 bridgehead atoms. The van der Waals surface area contributed by atoms with Crippen LogP contribution in [-0.2, 0) is 33.4 Å². The molecule has 2 heterocycles. The Hall–Kier alpha value is -3.22. The summed E-state index contributed by atoms with van der Waals surface area (Å²) < 4.78 is 10.3. The number of rotatable bonds is 8. The van der Waals surface area contributed by atoms with E-state index in [9.17, 15) is 24.0 Å². The quantitative estimate of drug-likeness (QED) is 0.226. The van der Waals surface area contributed by atoms with E-state index in [0.717, 1.165) is 11.8 Å². The fraction of sp³-hybridized carbons (Fsp3) is 0.818. The molecule has 3 rings (SSSR count). The maximum atomic E-state index is 13.4. The average Bonchev–Trinajstić information content (AvgIpc) is 3.61. The molecule has 4 atom stereocenters. The van der Waals surface area contributed by atoms with Crippen LogP contribution in [0.15, 0.2) is 0 Å². The van der Waals surface area contributed by atoms with Crippen molar-refractivity contribution in [1.29, 1.82) is 0 Å². The molecule has 0 aromatic heterocycles. The van der Waals surface area contributed by atoms with E-state index in [4.69, 9.17) is 14.3 Å². The summed E-state index contributed by atoms with van der Waals surface area (Å²) in [6, 6.07) is -2.98. The highest BCUT2D eigenvalue weighted by atomic mass is 16.6. The van der Waals surface area contributed by atoms with Crippen molar-refractivity contribution in [3.05, 3.63) is 0 Å². The van der Waals surface area contributed by atoms with Gasteiger partial charge in [0, 0.05) is 13.0 Å². The molecule has 13 nitrogen and oxygen atoms in total. The van der Waals surface area contributed by atoms with Crippen LogP contribution in [0.2, 0.25) is 0 Å². The number of nitrogens with two attached hydrogens (primary N) is 1. The fourth-order valence-electron chi connectivity index (χ4n) is 4.31. The van der Waals surface area contributed by atoms with Gasteiger partial charge >= 0.3 is 12.0 Å². The molecule has 268 valence electrons. The molecular formula is C33H63N5O8. The number of Topliss-reactive ketones (excluding diaryl/α,β-unsaturated/α-hetero) is 1. The maximum absolute atomic E-state index is 13.4. The predicted molar refractivity (Wildman–Crippen MR) is 179 cm³/mol. The van der Waals surface area contributed by atoms with Gasteiger partial charge in [0.2, 0.25) is 18.2 Å². The summed E-state index contributed by atoms with van der Waals surface area (Å²) in [5, 5.41) is 7.71. The van der Waals surface area contributed by atoms with Crippen molar-refractivity contribution in [2.24, 2.45) is 23.0 Å². The van der Waals surface area contributed by atoms with E-state index in [1.165, 1.54) is 31.1 Å². The van der Waals surface area contributed by atoms with Gasteiger partial charge in [0.15, 0.2) is 5.78 Å². The highest BCUT2D eigenvalue weighted by Crippen LogP contribution is 2.26. The van der Waals surface area contributed by atoms with Crippen LogP contribution < -0.4 is 21.7 Å². The summed E-state index contributed by atoms with van der Waals surface area (Å²) in [6.45, 7) is 18.1. The zero-order chi connectivity index (χ0) is 34.7. The number of esters is 1. The highest BCUT2D eigenvalue weighted by molar-refractivity contribution is 5.95. The largest absolute Gasteiger partial charge is 0.459 e. The molecule has 4 unspecified atom stereocenters. The minimum absolute atomic E-state index is 0. The molecule has 1 saturated carbocycles. The van der Waals surface area contributed by atoms with Gasteiger partial charge in [0.25, 0.3) is 0 Å². The monoisotopic (exact) mass is 657 g/mol. The molecule has 3 aliphatic rings. The number of nitrogens with one attached hydrogen (secondary N) is 3. The first-order valence-corrected chi connectivity index (χ1v) is 16.0. The molecule has 5 N–H and O–H groups in total. The smallest absolute Gasteiger partial charge is 0.325 e. The van der Waals surface area contributed by atoms with E-state index in [2.05, 4.69) is 49.4 Å². The zero-order valence-electron chi connectivity index (χ0n) is 28.9. The van der Waals surface area contributed by atoms with E-state index in [-0.39, 0.29) is 38.2 Å². The Bertz CT molecular complexity index is 940. The topological polar surface area (TPSA) is 186 Å². The molecule has 2 saturated heterocycles. The van der Waals surface area contributed by atoms with Gasteiger partial charge < -0.3 is 36.1 Å². The van der Waals surface area contributed by atoms with Crippen molar-refractivity contribution in [2.45, 2.75) is 132 Å². The van der Waals surface area contributed by atoms with Gasteiger partial charge in [-0.1, -0.05) is 75.2 Å². The third-order valence-electron chi connectivity index (χ3n) is 7.17. The van der Waals surface area contributed by atoms with Crippen molar-refractivity contribution in [3.8, 4) is 0 Å². The zero-order valence-corrected chi connectivity index (χ0v) is 28.9. The van der Waals surface area contributed by atoms with E-state index in [1.807, 2.05) is 0 Å². The number of hydrogen-bond acceptors (Lipinski definition) is 8. The third kappa shape index (κ3) is 18.7. The van der Waals surface area contributed by atoms with Crippen molar-refractivity contribution in [3.63, 3.8) is 0 Å². The van der Waals surface area contributed by atoms with Gasteiger partial charge in [0.05, 0.1) is 19.3 Å². The van der Waals surface area contributed by atoms with Gasteiger partial charge in [-0.25, -0.2) is 4.79 Å². The van der Waals surface area contributed by atoms with E-state index < -0.39 is 41.4 Å². The number of ether oxygens (including phenoxy) is 2. The van der Waals surface area contributed by atoms with Gasteiger partial charge in [-0.05, 0) is 43.9 Å². The number of nitrogens with zero attached hydrogens (tertiary/aromatic N) is 1. The van der Waals surface area contributed by atoms with Crippen molar-refractivity contribution in [2.75, 3.05) is 26.3 Å². The summed E-state index contributed by atoms with van der Waals surface area (Å²) in [6.07, 6.45) is 6.13. The van der Waals surface area contributed by atoms with Crippen LogP contribution in [0.4, 0.5) is 4.79 Å². The number of primary amides is 1. The fourth-order valence-corrected chi connectivity index (χ4v) is 4.31. The van der Waals surface area contributed by atoms with Crippen molar-refractivity contribution >= 4 is 36.0 Å². The number of carbonyl (C=O) groups excluding carboxylic acids is 6. The lowest BCUT2D eigenvalue weighted by Crippen LogP contribution is -2.59. The van der Waals surface area contributed by atoms with Crippen LogP contribution in [0.3, 0.4) is 0 Å². The number of hydrogen-bond donors (Lipinski definition) is 4. The maximum Gasteiger partial charge on any atom is 0.325 e. The van der Waals surface area contributed by atoms with Crippen LogP contribution >= 0.6 is 0 Å². The molecule has 1 aliphatic carbocycles. The van der Waals surface area contributed by atoms with E-state index >= 15 is 0 Å². The molecule has 0 aromatic carbocycles. The van der Waals surface area contributed by atoms with Crippen LogP contribution in [-0.4, -0.2) is 91.4 Å². The Morgan fingerprint density at radius 1 is 1.00 bits per heavy atom. The van der Waals surface area contributed by atoms with Crippen LogP contribution in [0.1, 0.15) is 108 Å². The second kappa shape index (κ2) is 23.2. The van der Waals surface area contributed by atoms with Crippen LogP contribution in [0.25, 0.3) is 0 Å². The summed E-state index contributed by atoms with van der Waals surface area (Å²) in [5.41, 5.74) is 3.51. The third-order valence-corrected chi connectivity index (χ3v) is 7.17. The first kappa shape index (κ1) is 44.9. The molecule has 13 heteroatoms. The number of carbonyl (C=O) groups is 6. The lowest BCUT2D eigenvalue weighted by atomic mass is 9.85. The minimum atomic E-state index is -0.935. The van der Waals surface area contributed by atoms with E-state index in [0.29, 0.717) is 39.0 Å². The van der Waals surface area contributed by atoms with Gasteiger partial charge in [0.1, 0.15) is 24.7 Å². The molecular weight excluding hydrogens is 594 g/mol. The lowest BCUT2D eigenvalue weighted by Gasteiger charge is -2.35. The Balaban J connectivity index is 0. The first-order valence-electron chi connectivity index (χ1n) is 16.0. The second-order valence-electron chi connectivity index (χ2n) is 13.5. The Morgan fingerprint density at radius 2 is 1.54 bits per heavy atom. The number of likely N-dealkylation sites (tertiary alicyclic amines) is 1. The van der Waals surface area contributed by atoms with Crippen LogP contribution in [0, 0.1) is 17.3 Å². The normalized spacial score (nSPS) is 19.8. The molecule has 0 radical (unpaired) electrons. The molecule has 3 fully saturated rings. The van der Waals surface area contributed by atoms with Crippen molar-refractivity contribution in [1.82, 2.24) is 20.9 Å². The number of amides is 5. The molecule has 46 heavy (non-hydrogen) atoms. The minimum Gasteiger partial charge on any atom is -0.459 e. The van der Waals surface area contributed by atoms with Gasteiger partial charge in [-0.2, -0.15) is 0 Å². The van der Waals surface area contributed by atoms with Crippen molar-refractivity contribution < 1.29 is 38.2 Å². The van der Waals surface area contributed by atoms with Gasteiger partial charge in [-0.15, -0.1) is 0 Å². The molecule has 0 aromatic rings. The summed E-state index contributed by atoms with van der Waals surface area (Å²) in [7, 11) is 0. The predicted octanol–water partition coefficient (Wildman–Crippen LogP) is 3.32. The summed E-state index contributed by atoms with van der Waals surface area (Å²) in [4.78, 5) is 71.9. The lowest BCUT2D eigenvalue weighted by molar-refractivity contribution is -0.147. The Kier molecular flexibility index (Phi) is 22.6. The summed E-state index contributed by atoms with van der Waals surface area (Å²) >= 11 is 0. The summed E-state index contributed by atoms with van der Waals surface area (Å²) in [5.74, 6) is 0.352. The second-order valence-corrected chi connectivity index (χ2v) is 13.5. The molecule has 0 spiro atoms. The first-order chi connectivity index (χ1) is 20.9. The Labute approximate surface area is 276 Å². The molecule has 2 aliphatic heterocycles. The Morgan fingerprint density at radius 3 is 1.96 bits per heavy atom. The van der Waals surface area contributed by atoms with Crippen LogP contribution in [0.5, 0.6) is 0 Å². The number of urea groups is 1.